The Morgan fingerprint density at radius 2 is 1.86 bits per heavy atom. The van der Waals surface area contributed by atoms with Crippen LogP contribution in [0.5, 0.6) is 0 Å². The molecular weight excluding hydrogens is 266 g/mol. The number of piperazine rings is 1. The number of nitrogens with zero attached hydrogens (tertiary/aromatic N) is 2. The number of aliphatic hydroxyl groups is 1. The summed E-state index contributed by atoms with van der Waals surface area (Å²) in [6, 6.07) is 0.271. The van der Waals surface area contributed by atoms with E-state index in [-0.39, 0.29) is 12.0 Å². The molecule has 122 valence electrons. The van der Waals surface area contributed by atoms with E-state index in [1.54, 1.807) is 0 Å². The molecule has 1 aliphatic heterocycles. The molecule has 5 nitrogen and oxygen atoms in total. The van der Waals surface area contributed by atoms with E-state index in [1.165, 1.54) is 0 Å². The summed E-state index contributed by atoms with van der Waals surface area (Å²) in [4.78, 5) is 16.9. The van der Waals surface area contributed by atoms with E-state index in [4.69, 9.17) is 5.73 Å². The molecule has 5 heteroatoms. The highest BCUT2D eigenvalue weighted by Crippen LogP contribution is 2.30. The first-order valence-electron chi connectivity index (χ1n) is 8.25. The molecule has 1 saturated heterocycles. The first-order chi connectivity index (χ1) is 9.76. The lowest BCUT2D eigenvalue weighted by atomic mass is 9.77. The van der Waals surface area contributed by atoms with Crippen LogP contribution in [0.1, 0.15) is 40.0 Å². The van der Waals surface area contributed by atoms with Crippen molar-refractivity contribution in [1.82, 2.24) is 9.80 Å². The van der Waals surface area contributed by atoms with Gasteiger partial charge in [0.15, 0.2) is 0 Å². The summed E-state index contributed by atoms with van der Waals surface area (Å²) < 4.78 is 0. The van der Waals surface area contributed by atoms with Gasteiger partial charge in [0.1, 0.15) is 0 Å². The van der Waals surface area contributed by atoms with Crippen molar-refractivity contribution in [3.05, 3.63) is 0 Å². The number of rotatable bonds is 3. The minimum Gasteiger partial charge on any atom is -0.389 e. The summed E-state index contributed by atoms with van der Waals surface area (Å²) in [7, 11) is 0. The van der Waals surface area contributed by atoms with Crippen molar-refractivity contribution in [3.8, 4) is 0 Å². The van der Waals surface area contributed by atoms with Crippen molar-refractivity contribution in [3.63, 3.8) is 0 Å². The third-order valence-electron chi connectivity index (χ3n) is 4.82. The Hall–Kier alpha value is -0.650. The number of amides is 1. The summed E-state index contributed by atoms with van der Waals surface area (Å²) in [5.41, 5.74) is 5.32. The number of β-amino-alcohol motifs (C(OH)–C–C–N with tert-alkyl or cyclic N) is 1. The molecule has 1 aliphatic carbocycles. The van der Waals surface area contributed by atoms with Crippen molar-refractivity contribution >= 4 is 5.91 Å². The van der Waals surface area contributed by atoms with Crippen molar-refractivity contribution in [2.24, 2.45) is 17.6 Å². The second-order valence-corrected chi connectivity index (χ2v) is 7.57. The predicted molar refractivity (Wildman–Crippen MR) is 83.8 cm³/mol. The van der Waals surface area contributed by atoms with Gasteiger partial charge in [-0.1, -0.05) is 6.92 Å². The highest BCUT2D eigenvalue weighted by molar-refractivity contribution is 5.79. The number of nitrogens with two attached hydrogens (primary N) is 1. The normalized spacial score (nSPS) is 32.2. The van der Waals surface area contributed by atoms with E-state index in [9.17, 15) is 9.90 Å². The number of hydrogen-bond acceptors (Lipinski definition) is 4. The smallest absolute Gasteiger partial charge is 0.226 e. The Morgan fingerprint density at radius 1 is 1.24 bits per heavy atom. The number of carbonyl (C=O) groups is 1. The molecule has 1 heterocycles. The molecule has 0 radical (unpaired) electrons. The van der Waals surface area contributed by atoms with Gasteiger partial charge in [-0.25, -0.2) is 0 Å². The Balaban J connectivity index is 1.83. The van der Waals surface area contributed by atoms with Gasteiger partial charge in [-0.3, -0.25) is 9.69 Å². The topological polar surface area (TPSA) is 69.8 Å². The quantitative estimate of drug-likeness (QED) is 0.803. The summed E-state index contributed by atoms with van der Waals surface area (Å²) in [5.74, 6) is 0.874. The molecule has 0 aromatic rings. The van der Waals surface area contributed by atoms with Crippen LogP contribution in [-0.4, -0.2) is 65.2 Å². The highest BCUT2D eigenvalue weighted by Gasteiger charge is 2.35. The molecule has 2 fully saturated rings. The van der Waals surface area contributed by atoms with Gasteiger partial charge in [-0.2, -0.15) is 0 Å². The van der Waals surface area contributed by atoms with E-state index < -0.39 is 5.60 Å². The minimum atomic E-state index is -0.666. The van der Waals surface area contributed by atoms with Gasteiger partial charge < -0.3 is 15.7 Å². The van der Waals surface area contributed by atoms with Crippen LogP contribution in [0, 0.1) is 11.8 Å². The molecule has 2 rings (SSSR count). The van der Waals surface area contributed by atoms with Gasteiger partial charge in [0.05, 0.1) is 5.60 Å². The minimum absolute atomic E-state index is 0.158. The fraction of sp³-hybridized carbons (Fsp3) is 0.938. The summed E-state index contributed by atoms with van der Waals surface area (Å²) in [5, 5.41) is 9.87. The van der Waals surface area contributed by atoms with Crippen molar-refractivity contribution in [2.45, 2.75) is 51.7 Å². The average Bonchev–Trinajstić information content (AvgIpc) is 2.37. The fourth-order valence-corrected chi connectivity index (χ4v) is 3.71. The van der Waals surface area contributed by atoms with Gasteiger partial charge in [0, 0.05) is 44.7 Å². The predicted octanol–water partition coefficient (Wildman–Crippen LogP) is 0.665. The second kappa shape index (κ2) is 6.63. The number of hydrogen-bond donors (Lipinski definition) is 2. The van der Waals surface area contributed by atoms with E-state index in [0.717, 1.165) is 45.4 Å². The number of carbonyl (C=O) groups excluding carboxylic acids is 1. The molecule has 0 spiro atoms. The molecule has 0 aromatic carbocycles. The molecule has 3 atom stereocenters. The van der Waals surface area contributed by atoms with Crippen molar-refractivity contribution in [1.29, 1.82) is 0 Å². The monoisotopic (exact) mass is 297 g/mol. The van der Waals surface area contributed by atoms with E-state index in [0.29, 0.717) is 18.4 Å². The van der Waals surface area contributed by atoms with Crippen LogP contribution in [0.4, 0.5) is 0 Å². The van der Waals surface area contributed by atoms with Gasteiger partial charge >= 0.3 is 0 Å². The average molecular weight is 297 g/mol. The van der Waals surface area contributed by atoms with Gasteiger partial charge in [0.25, 0.3) is 0 Å². The maximum absolute atomic E-state index is 12.7. The van der Waals surface area contributed by atoms with Crippen LogP contribution in [0.25, 0.3) is 0 Å². The summed E-state index contributed by atoms with van der Waals surface area (Å²) >= 11 is 0. The lowest BCUT2D eigenvalue weighted by molar-refractivity contribution is -0.140. The SMILES string of the molecule is CC1CC(N)CCC1C(=O)N1CCN(CC(C)(C)O)CC1. The zero-order valence-corrected chi connectivity index (χ0v) is 13.7. The molecule has 1 amide bonds. The zero-order valence-electron chi connectivity index (χ0n) is 13.7. The van der Waals surface area contributed by atoms with Gasteiger partial charge in [-0.05, 0) is 39.0 Å². The van der Waals surface area contributed by atoms with Gasteiger partial charge in [-0.15, -0.1) is 0 Å². The molecule has 2 aliphatic rings. The van der Waals surface area contributed by atoms with Gasteiger partial charge in [0.2, 0.25) is 5.91 Å². The molecule has 3 unspecified atom stereocenters. The Kier molecular flexibility index (Phi) is 5.28. The lowest BCUT2D eigenvalue weighted by Crippen LogP contribution is -2.54. The Morgan fingerprint density at radius 3 is 2.38 bits per heavy atom. The third-order valence-corrected chi connectivity index (χ3v) is 4.82. The molecule has 0 aromatic heterocycles. The maximum atomic E-state index is 12.7. The molecule has 1 saturated carbocycles. The van der Waals surface area contributed by atoms with Crippen LogP contribution < -0.4 is 5.73 Å². The van der Waals surface area contributed by atoms with Crippen molar-refractivity contribution in [2.75, 3.05) is 32.7 Å². The lowest BCUT2D eigenvalue weighted by Gasteiger charge is -2.40. The van der Waals surface area contributed by atoms with Crippen LogP contribution in [-0.2, 0) is 4.79 Å². The first-order valence-corrected chi connectivity index (χ1v) is 8.25. The zero-order chi connectivity index (χ0) is 15.6. The summed E-state index contributed by atoms with van der Waals surface area (Å²) in [6.45, 7) is 9.77. The largest absolute Gasteiger partial charge is 0.389 e. The Bertz CT molecular complexity index is 359. The van der Waals surface area contributed by atoms with Crippen molar-refractivity contribution < 1.29 is 9.90 Å². The van der Waals surface area contributed by atoms with Crippen LogP contribution in [0.15, 0.2) is 0 Å². The highest BCUT2D eigenvalue weighted by atomic mass is 16.3. The Labute approximate surface area is 128 Å². The summed E-state index contributed by atoms with van der Waals surface area (Å²) in [6.07, 6.45) is 2.87. The van der Waals surface area contributed by atoms with E-state index in [2.05, 4.69) is 11.8 Å². The molecular formula is C16H31N3O2. The maximum Gasteiger partial charge on any atom is 0.226 e. The fourth-order valence-electron chi connectivity index (χ4n) is 3.71. The second-order valence-electron chi connectivity index (χ2n) is 7.57. The standard InChI is InChI=1S/C16H31N3O2/c1-12-10-13(17)4-5-14(12)15(20)19-8-6-18(7-9-19)11-16(2,3)21/h12-14,21H,4-11,17H2,1-3H3. The molecule has 0 bridgehead atoms. The van der Waals surface area contributed by atoms with E-state index in [1.807, 2.05) is 18.7 Å². The van der Waals surface area contributed by atoms with Crippen LogP contribution in [0.2, 0.25) is 0 Å². The van der Waals surface area contributed by atoms with Crippen LogP contribution >= 0.6 is 0 Å². The third kappa shape index (κ3) is 4.66. The molecule has 21 heavy (non-hydrogen) atoms. The first kappa shape index (κ1) is 16.7. The van der Waals surface area contributed by atoms with E-state index >= 15 is 0 Å². The van der Waals surface area contributed by atoms with Crippen LogP contribution in [0.3, 0.4) is 0 Å². The molecule has 3 N–H and O–H groups in total.